The summed E-state index contributed by atoms with van der Waals surface area (Å²) in [4.78, 5) is 46.1. The van der Waals surface area contributed by atoms with Gasteiger partial charge in [0.15, 0.2) is 0 Å². The van der Waals surface area contributed by atoms with Crippen molar-refractivity contribution in [2.75, 3.05) is 0 Å². The number of nitrogens with one attached hydrogen (secondary N) is 2. The highest BCUT2D eigenvalue weighted by atomic mass is 16.5. The SMILES string of the molecule is CCc1ccc2c(COC(=O)CCC3NC(=O)NC3=O)cc(=O)oc2c1. The summed E-state index contributed by atoms with van der Waals surface area (Å²) in [7, 11) is 0. The predicted octanol–water partition coefficient (Wildman–Crippen LogP) is 1.39. The van der Waals surface area contributed by atoms with Gasteiger partial charge in [-0.05, 0) is 24.5 Å². The normalized spacial score (nSPS) is 16.4. The molecule has 1 unspecified atom stereocenters. The molecule has 8 nitrogen and oxygen atoms in total. The molecule has 26 heavy (non-hydrogen) atoms. The number of imide groups is 1. The van der Waals surface area contributed by atoms with Crippen molar-refractivity contribution in [2.45, 2.75) is 38.8 Å². The minimum Gasteiger partial charge on any atom is -0.461 e. The average molecular weight is 358 g/mol. The smallest absolute Gasteiger partial charge is 0.336 e. The first kappa shape index (κ1) is 17.7. The van der Waals surface area contributed by atoms with Gasteiger partial charge in [0, 0.05) is 23.4 Å². The zero-order valence-corrected chi connectivity index (χ0v) is 14.2. The van der Waals surface area contributed by atoms with Crippen LogP contribution in [0.5, 0.6) is 0 Å². The molecule has 1 atom stereocenters. The molecule has 1 aliphatic heterocycles. The highest BCUT2D eigenvalue weighted by Gasteiger charge is 2.29. The quantitative estimate of drug-likeness (QED) is 0.458. The fraction of sp³-hybridized carbons (Fsp3) is 0.333. The summed E-state index contributed by atoms with van der Waals surface area (Å²) in [6.07, 6.45) is 0.926. The number of amides is 3. The van der Waals surface area contributed by atoms with Crippen molar-refractivity contribution < 1.29 is 23.5 Å². The Bertz CT molecular complexity index is 933. The third-order valence-corrected chi connectivity index (χ3v) is 4.19. The zero-order chi connectivity index (χ0) is 18.7. The molecular formula is C18H18N2O6. The van der Waals surface area contributed by atoms with Crippen LogP contribution in [0.1, 0.15) is 30.9 Å². The Morgan fingerprint density at radius 2 is 2.04 bits per heavy atom. The maximum Gasteiger partial charge on any atom is 0.336 e. The molecule has 0 aliphatic carbocycles. The molecule has 2 aromatic rings. The number of carbonyl (C=O) groups is 3. The third kappa shape index (κ3) is 3.90. The van der Waals surface area contributed by atoms with E-state index in [2.05, 4.69) is 10.6 Å². The monoisotopic (exact) mass is 358 g/mol. The molecule has 3 rings (SSSR count). The molecule has 8 heteroatoms. The molecule has 0 saturated carbocycles. The second-order valence-corrected chi connectivity index (χ2v) is 5.99. The van der Waals surface area contributed by atoms with Gasteiger partial charge in [0.1, 0.15) is 18.2 Å². The lowest BCUT2D eigenvalue weighted by molar-refractivity contribution is -0.145. The van der Waals surface area contributed by atoms with E-state index in [1.807, 2.05) is 19.1 Å². The standard InChI is InChI=1S/C18H18N2O6/c1-2-10-3-4-12-11(8-16(22)26-14(12)7-10)9-25-15(21)6-5-13-17(23)20-18(24)19-13/h3-4,7-8,13H,2,5-6,9H2,1H3,(H2,19,20,23,24). The van der Waals surface area contributed by atoms with Gasteiger partial charge in [0.25, 0.3) is 5.91 Å². The van der Waals surface area contributed by atoms with E-state index in [0.717, 1.165) is 12.0 Å². The largest absolute Gasteiger partial charge is 0.461 e. The van der Waals surface area contributed by atoms with Crippen LogP contribution in [-0.2, 0) is 27.4 Å². The van der Waals surface area contributed by atoms with Gasteiger partial charge >= 0.3 is 17.6 Å². The Kier molecular flexibility index (Phi) is 5.01. The van der Waals surface area contributed by atoms with Crippen LogP contribution in [0, 0.1) is 0 Å². The van der Waals surface area contributed by atoms with Crippen molar-refractivity contribution in [1.82, 2.24) is 10.6 Å². The van der Waals surface area contributed by atoms with Crippen LogP contribution in [0.25, 0.3) is 11.0 Å². The zero-order valence-electron chi connectivity index (χ0n) is 14.2. The number of aryl methyl sites for hydroxylation is 1. The Labute approximate surface area is 148 Å². The second-order valence-electron chi connectivity index (χ2n) is 5.99. The van der Waals surface area contributed by atoms with Crippen LogP contribution in [0.15, 0.2) is 33.5 Å². The molecule has 1 saturated heterocycles. The molecule has 0 bridgehead atoms. The average Bonchev–Trinajstić information content (AvgIpc) is 2.94. The summed E-state index contributed by atoms with van der Waals surface area (Å²) in [5.41, 5.74) is 1.53. The lowest BCUT2D eigenvalue weighted by Gasteiger charge is -2.09. The van der Waals surface area contributed by atoms with E-state index < -0.39 is 29.6 Å². The number of hydrogen-bond acceptors (Lipinski definition) is 6. The van der Waals surface area contributed by atoms with E-state index in [-0.39, 0.29) is 19.4 Å². The van der Waals surface area contributed by atoms with Crippen LogP contribution >= 0.6 is 0 Å². The summed E-state index contributed by atoms with van der Waals surface area (Å²) >= 11 is 0. The number of rotatable bonds is 6. The highest BCUT2D eigenvalue weighted by Crippen LogP contribution is 2.20. The summed E-state index contributed by atoms with van der Waals surface area (Å²) < 4.78 is 10.4. The summed E-state index contributed by atoms with van der Waals surface area (Å²) in [6, 6.07) is 5.55. The van der Waals surface area contributed by atoms with Gasteiger partial charge in [-0.25, -0.2) is 9.59 Å². The van der Waals surface area contributed by atoms with Gasteiger partial charge in [-0.2, -0.15) is 0 Å². The van der Waals surface area contributed by atoms with Crippen molar-refractivity contribution in [3.63, 3.8) is 0 Å². The van der Waals surface area contributed by atoms with Crippen LogP contribution < -0.4 is 16.3 Å². The number of fused-ring (bicyclic) bond motifs is 1. The molecule has 0 radical (unpaired) electrons. The van der Waals surface area contributed by atoms with E-state index >= 15 is 0 Å². The summed E-state index contributed by atoms with van der Waals surface area (Å²) in [5.74, 6) is -0.980. The van der Waals surface area contributed by atoms with Crippen LogP contribution in [-0.4, -0.2) is 23.9 Å². The summed E-state index contributed by atoms with van der Waals surface area (Å²) in [6.45, 7) is 1.92. The first-order valence-corrected chi connectivity index (χ1v) is 8.29. The second kappa shape index (κ2) is 7.38. The van der Waals surface area contributed by atoms with Gasteiger partial charge in [-0.15, -0.1) is 0 Å². The highest BCUT2D eigenvalue weighted by molar-refractivity contribution is 6.04. The van der Waals surface area contributed by atoms with Gasteiger partial charge in [0.05, 0.1) is 0 Å². The van der Waals surface area contributed by atoms with E-state index in [4.69, 9.17) is 9.15 Å². The number of ether oxygens (including phenoxy) is 1. The van der Waals surface area contributed by atoms with Crippen molar-refractivity contribution in [3.05, 3.63) is 45.8 Å². The molecule has 3 amide bonds. The first-order chi connectivity index (χ1) is 12.5. The lowest BCUT2D eigenvalue weighted by atomic mass is 10.1. The Balaban J connectivity index is 1.64. The lowest BCUT2D eigenvalue weighted by Crippen LogP contribution is -2.29. The molecule has 2 N–H and O–H groups in total. The topological polar surface area (TPSA) is 115 Å². The van der Waals surface area contributed by atoms with Crippen molar-refractivity contribution in [2.24, 2.45) is 0 Å². The van der Waals surface area contributed by atoms with Gasteiger partial charge in [-0.1, -0.05) is 19.1 Å². The minimum absolute atomic E-state index is 0.0300. The number of carbonyl (C=O) groups excluding carboxylic acids is 3. The molecule has 1 fully saturated rings. The molecular weight excluding hydrogens is 340 g/mol. The third-order valence-electron chi connectivity index (χ3n) is 4.19. The van der Waals surface area contributed by atoms with Crippen molar-refractivity contribution in [3.8, 4) is 0 Å². The summed E-state index contributed by atoms with van der Waals surface area (Å²) in [5, 5.41) is 5.22. The van der Waals surface area contributed by atoms with E-state index in [0.29, 0.717) is 16.5 Å². The van der Waals surface area contributed by atoms with Gasteiger partial charge in [0.2, 0.25) is 0 Å². The predicted molar refractivity (Wildman–Crippen MR) is 91.4 cm³/mol. The van der Waals surface area contributed by atoms with Crippen LogP contribution in [0.3, 0.4) is 0 Å². The van der Waals surface area contributed by atoms with Crippen molar-refractivity contribution >= 4 is 28.9 Å². The Morgan fingerprint density at radius 3 is 2.73 bits per heavy atom. The number of benzene rings is 1. The number of urea groups is 1. The number of hydrogen-bond donors (Lipinski definition) is 2. The fourth-order valence-corrected chi connectivity index (χ4v) is 2.77. The Hall–Kier alpha value is -3.16. The molecule has 0 spiro atoms. The maximum absolute atomic E-state index is 11.9. The Morgan fingerprint density at radius 1 is 1.23 bits per heavy atom. The van der Waals surface area contributed by atoms with Crippen LogP contribution in [0.2, 0.25) is 0 Å². The van der Waals surface area contributed by atoms with Crippen LogP contribution in [0.4, 0.5) is 4.79 Å². The first-order valence-electron chi connectivity index (χ1n) is 8.29. The molecule has 2 heterocycles. The van der Waals surface area contributed by atoms with E-state index in [1.165, 1.54) is 6.07 Å². The molecule has 136 valence electrons. The van der Waals surface area contributed by atoms with Crippen molar-refractivity contribution in [1.29, 1.82) is 0 Å². The molecule has 1 aromatic carbocycles. The fourth-order valence-electron chi connectivity index (χ4n) is 2.77. The van der Waals surface area contributed by atoms with Gasteiger partial charge < -0.3 is 14.5 Å². The number of esters is 1. The van der Waals surface area contributed by atoms with Gasteiger partial charge in [-0.3, -0.25) is 14.9 Å². The molecule has 1 aromatic heterocycles. The van der Waals surface area contributed by atoms with E-state index in [1.54, 1.807) is 6.07 Å². The minimum atomic E-state index is -0.730. The van der Waals surface area contributed by atoms with E-state index in [9.17, 15) is 19.2 Å². The maximum atomic E-state index is 11.9. The molecule has 1 aliphatic rings.